The molecule has 2 aliphatic heterocycles. The molecule has 6 nitrogen and oxygen atoms in total. The van der Waals surface area contributed by atoms with E-state index < -0.39 is 0 Å². The van der Waals surface area contributed by atoms with Gasteiger partial charge in [0.05, 0.1) is 0 Å². The summed E-state index contributed by atoms with van der Waals surface area (Å²) >= 11 is 6.23. The average molecular weight is 478 g/mol. The number of nitrogens with zero attached hydrogens (tertiary/aromatic N) is 2. The van der Waals surface area contributed by atoms with E-state index in [4.69, 9.17) is 16.0 Å². The number of benzene rings is 1. The van der Waals surface area contributed by atoms with Crippen molar-refractivity contribution < 1.29 is 14.0 Å². The molecule has 0 spiro atoms. The van der Waals surface area contributed by atoms with E-state index in [0.29, 0.717) is 29.1 Å². The summed E-state index contributed by atoms with van der Waals surface area (Å²) in [6.45, 7) is 5.36. The predicted molar refractivity (Wildman–Crippen MR) is 133 cm³/mol. The maximum Gasteiger partial charge on any atom is 0.253 e. The number of likely N-dealkylation sites (N-methyl/N-ethyl adjacent to an activating group) is 1. The van der Waals surface area contributed by atoms with Crippen LogP contribution in [-0.2, 0) is 4.79 Å². The molecular formula is C27H28ClN3O3. The molecule has 1 atom stereocenters. The van der Waals surface area contributed by atoms with E-state index in [1.807, 2.05) is 60.4 Å². The van der Waals surface area contributed by atoms with Gasteiger partial charge in [-0.15, -0.1) is 0 Å². The molecule has 1 N–H and O–H groups in total. The first-order valence-electron chi connectivity index (χ1n) is 11.7. The van der Waals surface area contributed by atoms with Gasteiger partial charge in [0.25, 0.3) is 11.8 Å². The first-order valence-corrected chi connectivity index (χ1v) is 12.1. The Morgan fingerprint density at radius 3 is 2.65 bits per heavy atom. The van der Waals surface area contributed by atoms with Crippen molar-refractivity contribution in [3.8, 4) is 11.3 Å². The highest BCUT2D eigenvalue weighted by molar-refractivity contribution is 6.30. The van der Waals surface area contributed by atoms with Gasteiger partial charge in [0.1, 0.15) is 11.5 Å². The van der Waals surface area contributed by atoms with Crippen LogP contribution in [0.3, 0.4) is 0 Å². The first-order chi connectivity index (χ1) is 16.4. The number of carbonyl (C=O) groups is 2. The Labute approximate surface area is 204 Å². The summed E-state index contributed by atoms with van der Waals surface area (Å²) in [5, 5.41) is 3.68. The van der Waals surface area contributed by atoms with E-state index in [-0.39, 0.29) is 17.7 Å². The number of allylic oxidation sites excluding steroid dienone is 5. The number of rotatable bonds is 3. The van der Waals surface area contributed by atoms with E-state index in [9.17, 15) is 9.59 Å². The quantitative estimate of drug-likeness (QED) is 0.653. The molecule has 0 saturated carbocycles. The van der Waals surface area contributed by atoms with Gasteiger partial charge in [-0.05, 0) is 69.8 Å². The molecule has 0 bridgehead atoms. The highest BCUT2D eigenvalue weighted by Crippen LogP contribution is 2.40. The maximum absolute atomic E-state index is 12.9. The Balaban J connectivity index is 1.34. The molecule has 1 unspecified atom stereocenters. The van der Waals surface area contributed by atoms with E-state index >= 15 is 0 Å². The van der Waals surface area contributed by atoms with Crippen molar-refractivity contribution in [3.63, 3.8) is 0 Å². The van der Waals surface area contributed by atoms with E-state index in [2.05, 4.69) is 17.3 Å². The Bertz CT molecular complexity index is 1220. The van der Waals surface area contributed by atoms with Crippen molar-refractivity contribution >= 4 is 29.0 Å². The summed E-state index contributed by atoms with van der Waals surface area (Å²) in [6, 6.07) is 11.3. The highest BCUT2D eigenvalue weighted by atomic mass is 35.5. The zero-order chi connectivity index (χ0) is 23.8. The number of furan rings is 1. The molecule has 0 radical (unpaired) electrons. The maximum atomic E-state index is 12.9. The van der Waals surface area contributed by atoms with Gasteiger partial charge in [-0.2, -0.15) is 0 Å². The van der Waals surface area contributed by atoms with Crippen LogP contribution in [0.1, 0.15) is 35.9 Å². The van der Waals surface area contributed by atoms with Crippen LogP contribution < -0.4 is 5.32 Å². The topological polar surface area (TPSA) is 65.8 Å². The molecule has 2 amide bonds. The molecule has 2 aromatic rings. The minimum absolute atomic E-state index is 0.0670. The second-order valence-corrected chi connectivity index (χ2v) is 9.66. The smallest absolute Gasteiger partial charge is 0.253 e. The highest BCUT2D eigenvalue weighted by Gasteiger charge is 2.36. The van der Waals surface area contributed by atoms with Gasteiger partial charge in [-0.25, -0.2) is 0 Å². The van der Waals surface area contributed by atoms with Crippen molar-refractivity contribution in [3.05, 3.63) is 76.2 Å². The molecule has 3 heterocycles. The fraction of sp³-hybridized carbons (Fsp3) is 0.333. The van der Waals surface area contributed by atoms with Crippen molar-refractivity contribution in [1.29, 1.82) is 0 Å². The Morgan fingerprint density at radius 1 is 1.06 bits per heavy atom. The summed E-state index contributed by atoms with van der Waals surface area (Å²) in [6.07, 6.45) is 5.30. The summed E-state index contributed by atoms with van der Waals surface area (Å²) < 4.78 is 6.14. The minimum atomic E-state index is -0.103. The molecule has 176 valence electrons. The zero-order valence-corrected chi connectivity index (χ0v) is 20.2. The summed E-state index contributed by atoms with van der Waals surface area (Å²) in [7, 11) is 2.09. The molecule has 2 saturated heterocycles. The zero-order valence-electron chi connectivity index (χ0n) is 19.4. The molecular weight excluding hydrogens is 450 g/mol. The SMILES string of the molecule is CC(=C1C(=O)NC2=CC=C(Cl)CC21)c1ccc(-c2ccc(C(=O)N3CCCN(C)CC3)cc2)o1. The van der Waals surface area contributed by atoms with E-state index in [0.717, 1.165) is 54.5 Å². The molecule has 1 aromatic heterocycles. The van der Waals surface area contributed by atoms with Crippen LogP contribution in [0.5, 0.6) is 0 Å². The Morgan fingerprint density at radius 2 is 1.85 bits per heavy atom. The van der Waals surface area contributed by atoms with Crippen LogP contribution in [0.4, 0.5) is 0 Å². The Hall–Kier alpha value is -3.09. The van der Waals surface area contributed by atoms with Gasteiger partial charge in [0, 0.05) is 58.6 Å². The standard InChI is InChI=1S/C27H28ClN3O3/c1-17(25-21-16-20(28)8-9-22(21)29-26(25)32)23-10-11-24(34-23)18-4-6-19(7-5-18)27(33)31-13-3-12-30(2)14-15-31/h4-11,21H,3,12-16H2,1-2H3,(H,29,32). The van der Waals surface area contributed by atoms with Gasteiger partial charge >= 0.3 is 0 Å². The number of nitrogens with one attached hydrogen (secondary N) is 1. The third kappa shape index (κ3) is 4.36. The molecule has 5 rings (SSSR count). The van der Waals surface area contributed by atoms with Crippen molar-refractivity contribution in [2.24, 2.45) is 5.92 Å². The molecule has 7 heteroatoms. The largest absolute Gasteiger partial charge is 0.456 e. The first kappa shape index (κ1) is 22.7. The normalized spacial score (nSPS) is 22.5. The van der Waals surface area contributed by atoms with Gasteiger partial charge in [-0.1, -0.05) is 23.7 Å². The number of halogens is 1. The van der Waals surface area contributed by atoms with Gasteiger partial charge in [0.15, 0.2) is 0 Å². The monoisotopic (exact) mass is 477 g/mol. The molecule has 2 fully saturated rings. The number of hydrogen-bond acceptors (Lipinski definition) is 4. The van der Waals surface area contributed by atoms with Crippen molar-refractivity contribution in [2.75, 3.05) is 33.2 Å². The lowest BCUT2D eigenvalue weighted by Crippen LogP contribution is -2.34. The third-order valence-corrected chi connectivity index (χ3v) is 7.15. The lowest BCUT2D eigenvalue weighted by atomic mass is 9.89. The summed E-state index contributed by atoms with van der Waals surface area (Å²) in [5.74, 6) is 1.25. The lowest BCUT2D eigenvalue weighted by molar-refractivity contribution is -0.115. The van der Waals surface area contributed by atoms with Crippen LogP contribution in [0.25, 0.3) is 16.9 Å². The average Bonchev–Trinajstić information content (AvgIpc) is 3.38. The Kier molecular flexibility index (Phi) is 6.19. The molecule has 3 aliphatic rings. The van der Waals surface area contributed by atoms with Crippen LogP contribution >= 0.6 is 11.6 Å². The number of hydrogen-bond donors (Lipinski definition) is 1. The van der Waals surface area contributed by atoms with Crippen LogP contribution in [0, 0.1) is 5.92 Å². The fourth-order valence-corrected chi connectivity index (χ4v) is 5.10. The van der Waals surface area contributed by atoms with E-state index in [1.54, 1.807) is 0 Å². The van der Waals surface area contributed by atoms with Crippen LogP contribution in [-0.4, -0.2) is 54.8 Å². The fourth-order valence-electron chi connectivity index (χ4n) is 4.88. The van der Waals surface area contributed by atoms with Gasteiger partial charge in [0.2, 0.25) is 0 Å². The molecule has 1 aliphatic carbocycles. The van der Waals surface area contributed by atoms with Crippen LogP contribution in [0.2, 0.25) is 0 Å². The summed E-state index contributed by atoms with van der Waals surface area (Å²) in [4.78, 5) is 29.8. The van der Waals surface area contributed by atoms with Gasteiger partial charge in [-0.3, -0.25) is 9.59 Å². The number of amides is 2. The predicted octanol–water partition coefficient (Wildman–Crippen LogP) is 4.65. The molecule has 34 heavy (non-hydrogen) atoms. The number of fused-ring (bicyclic) bond motifs is 1. The third-order valence-electron chi connectivity index (χ3n) is 6.87. The second-order valence-electron chi connectivity index (χ2n) is 9.18. The van der Waals surface area contributed by atoms with E-state index in [1.165, 1.54) is 0 Å². The van der Waals surface area contributed by atoms with Crippen molar-refractivity contribution in [1.82, 2.24) is 15.1 Å². The summed E-state index contributed by atoms with van der Waals surface area (Å²) in [5.41, 5.74) is 3.95. The number of carbonyl (C=O) groups excluding carboxylic acids is 2. The second kappa shape index (κ2) is 9.28. The lowest BCUT2D eigenvalue weighted by Gasteiger charge is -2.20. The van der Waals surface area contributed by atoms with Crippen molar-refractivity contribution in [2.45, 2.75) is 19.8 Å². The minimum Gasteiger partial charge on any atom is -0.456 e. The van der Waals surface area contributed by atoms with Gasteiger partial charge < -0.3 is 19.5 Å². The van der Waals surface area contributed by atoms with Crippen LogP contribution in [0.15, 0.2) is 69.3 Å². The molecule has 1 aromatic carbocycles.